The molecule has 12 nitrogen and oxygen atoms in total. The minimum Gasteiger partial charge on any atom is -0.379 e. The molecule has 1 aliphatic rings. The van der Waals surface area contributed by atoms with Crippen LogP contribution in [0.1, 0.15) is 48.7 Å². The molecule has 0 aliphatic carbocycles. The Hall–Kier alpha value is -2.88. The number of hydrogen-bond acceptors (Lipinski definition) is 9. The monoisotopic (exact) mass is 491 g/mol. The van der Waals surface area contributed by atoms with Crippen LogP contribution in [0.25, 0.3) is 0 Å². The highest BCUT2D eigenvalue weighted by Crippen LogP contribution is 2.31. The van der Waals surface area contributed by atoms with Crippen molar-refractivity contribution in [3.63, 3.8) is 0 Å². The molecule has 2 rings (SSSR count). The van der Waals surface area contributed by atoms with Gasteiger partial charge < -0.3 is 4.74 Å². The second-order valence-electron chi connectivity index (χ2n) is 7.60. The summed E-state index contributed by atoms with van der Waals surface area (Å²) in [4.78, 5) is 43.1. The Balaban J connectivity index is 2.27. The number of hydrazine groups is 2. The second kappa shape index (κ2) is 12.5. The van der Waals surface area contributed by atoms with Crippen molar-refractivity contribution in [3.05, 3.63) is 17.5 Å². The number of nitrogens with one attached hydrogen (secondary N) is 1. The highest BCUT2D eigenvalue weighted by Gasteiger charge is 2.39. The fourth-order valence-corrected chi connectivity index (χ4v) is 3.25. The number of carbonyl (C=O) groups excluding carboxylic acids is 3. The van der Waals surface area contributed by atoms with Crippen LogP contribution in [0.4, 0.5) is 19.1 Å². The zero-order valence-electron chi connectivity index (χ0n) is 18.6. The van der Waals surface area contributed by atoms with Crippen molar-refractivity contribution in [1.29, 1.82) is 0 Å². The van der Waals surface area contributed by atoms with Crippen molar-refractivity contribution in [1.82, 2.24) is 25.5 Å². The van der Waals surface area contributed by atoms with Crippen LogP contribution >= 0.6 is 0 Å². The fraction of sp³-hybridized carbons (Fsp3) is 0.632. The maximum atomic E-state index is 13.7. The molecule has 1 fully saturated rings. The van der Waals surface area contributed by atoms with Crippen molar-refractivity contribution in [2.24, 2.45) is 11.8 Å². The molecule has 1 saturated heterocycles. The number of alkyl halides is 3. The van der Waals surface area contributed by atoms with Crippen LogP contribution in [0.5, 0.6) is 0 Å². The third kappa shape index (κ3) is 7.58. The normalized spacial score (nSPS) is 15.5. The van der Waals surface area contributed by atoms with E-state index in [0.29, 0.717) is 43.9 Å². The molecule has 34 heavy (non-hydrogen) atoms. The van der Waals surface area contributed by atoms with Gasteiger partial charge in [0.25, 0.3) is 5.91 Å². The summed E-state index contributed by atoms with van der Waals surface area (Å²) in [6.07, 6.45) is -1.94. The first-order valence-electron chi connectivity index (χ1n) is 10.7. The van der Waals surface area contributed by atoms with E-state index in [4.69, 9.17) is 10.6 Å². The van der Waals surface area contributed by atoms with Crippen molar-refractivity contribution in [2.75, 3.05) is 37.9 Å². The number of nitrogens with two attached hydrogens (primary N) is 1. The average molecular weight is 491 g/mol. The van der Waals surface area contributed by atoms with Crippen LogP contribution < -0.4 is 16.3 Å². The van der Waals surface area contributed by atoms with Gasteiger partial charge in [0.15, 0.2) is 5.69 Å². The number of ether oxygens (including phenoxy) is 1. The quantitative estimate of drug-likeness (QED) is 0.101. The van der Waals surface area contributed by atoms with E-state index in [-0.39, 0.29) is 17.9 Å². The molecular weight excluding hydrogens is 463 g/mol. The van der Waals surface area contributed by atoms with Gasteiger partial charge in [0, 0.05) is 19.3 Å². The number of carbonyl (C=O) groups is 3. The van der Waals surface area contributed by atoms with Crippen LogP contribution in [0.15, 0.2) is 6.20 Å². The van der Waals surface area contributed by atoms with E-state index in [2.05, 4.69) is 15.4 Å². The number of aromatic nitrogens is 2. The average Bonchev–Trinajstić information content (AvgIpc) is 2.82. The Labute approximate surface area is 193 Å². The number of hydroxylamine groups is 2. The minimum atomic E-state index is -5.04. The topological polar surface area (TPSA) is 154 Å². The molecule has 0 bridgehead atoms. The Bertz CT molecular complexity index is 852. The van der Waals surface area contributed by atoms with Gasteiger partial charge in [-0.05, 0) is 6.42 Å². The van der Waals surface area contributed by atoms with E-state index < -0.39 is 47.7 Å². The standard InChI is InChI=1S/C19H28F3N7O5/c1-2-3-4-5-13(11-28(33)12-30)17(32)29(23)18-24-10-14(15(25-18)19(20,21)22)16(31)26-27-6-8-34-9-7-27/h10,12-13,33H,2-9,11,23H2,1H3,(H,26,31)/t13-/m1/s1. The number of hydrogen-bond donors (Lipinski definition) is 3. The molecule has 2 heterocycles. The lowest BCUT2D eigenvalue weighted by atomic mass is 10.00. The lowest BCUT2D eigenvalue weighted by Crippen LogP contribution is -2.49. The maximum Gasteiger partial charge on any atom is 0.434 e. The number of nitrogens with zero attached hydrogens (tertiary/aromatic N) is 5. The molecule has 0 radical (unpaired) electrons. The lowest BCUT2D eigenvalue weighted by molar-refractivity contribution is -0.154. The van der Waals surface area contributed by atoms with Crippen molar-refractivity contribution >= 4 is 24.2 Å². The second-order valence-corrected chi connectivity index (χ2v) is 7.60. The first kappa shape index (κ1) is 27.4. The molecule has 1 aromatic heterocycles. The van der Waals surface area contributed by atoms with Crippen molar-refractivity contribution in [2.45, 2.75) is 38.8 Å². The van der Waals surface area contributed by atoms with Crippen molar-refractivity contribution < 1.29 is 37.5 Å². The third-order valence-electron chi connectivity index (χ3n) is 5.05. The third-order valence-corrected chi connectivity index (χ3v) is 5.05. The molecular formula is C19H28F3N7O5. The molecule has 190 valence electrons. The smallest absolute Gasteiger partial charge is 0.379 e. The van der Waals surface area contributed by atoms with E-state index >= 15 is 0 Å². The van der Waals surface area contributed by atoms with E-state index in [1.807, 2.05) is 6.92 Å². The summed E-state index contributed by atoms with van der Waals surface area (Å²) in [5.41, 5.74) is -0.0559. The summed E-state index contributed by atoms with van der Waals surface area (Å²) in [5.74, 6) is 1.98. The first-order valence-corrected chi connectivity index (χ1v) is 10.7. The summed E-state index contributed by atoms with van der Waals surface area (Å²) < 4.78 is 46.2. The molecule has 0 unspecified atom stereocenters. The number of amides is 3. The Morgan fingerprint density at radius 1 is 1.35 bits per heavy atom. The van der Waals surface area contributed by atoms with Crippen molar-refractivity contribution in [3.8, 4) is 0 Å². The van der Waals surface area contributed by atoms with E-state index in [1.54, 1.807) is 0 Å². The number of halogens is 3. The van der Waals surface area contributed by atoms with Gasteiger partial charge in [0.2, 0.25) is 18.3 Å². The number of morpholine rings is 1. The van der Waals surface area contributed by atoms with E-state index in [9.17, 15) is 32.8 Å². The largest absolute Gasteiger partial charge is 0.434 e. The highest BCUT2D eigenvalue weighted by molar-refractivity contribution is 5.96. The Kier molecular flexibility index (Phi) is 10.1. The molecule has 0 aromatic carbocycles. The van der Waals surface area contributed by atoms with Gasteiger partial charge in [0.05, 0.1) is 31.2 Å². The molecule has 15 heteroatoms. The first-order chi connectivity index (χ1) is 16.1. The predicted octanol–water partition coefficient (Wildman–Crippen LogP) is 0.723. The van der Waals surface area contributed by atoms with Gasteiger partial charge in [-0.15, -0.1) is 0 Å². The van der Waals surface area contributed by atoms with Crippen LogP contribution in [0, 0.1) is 5.92 Å². The van der Waals surface area contributed by atoms with Gasteiger partial charge >= 0.3 is 6.18 Å². The number of unbranched alkanes of at least 4 members (excludes halogenated alkanes) is 2. The molecule has 1 atom stereocenters. The van der Waals surface area contributed by atoms with Gasteiger partial charge in [-0.1, -0.05) is 26.2 Å². The summed E-state index contributed by atoms with van der Waals surface area (Å²) >= 11 is 0. The minimum absolute atomic E-state index is 0.0983. The van der Waals surface area contributed by atoms with Crippen LogP contribution in [-0.2, 0) is 20.5 Å². The summed E-state index contributed by atoms with van der Waals surface area (Å²) in [7, 11) is 0. The van der Waals surface area contributed by atoms with Crippen LogP contribution in [0.3, 0.4) is 0 Å². The van der Waals surface area contributed by atoms with E-state index in [0.717, 1.165) is 12.8 Å². The van der Waals surface area contributed by atoms with E-state index in [1.165, 1.54) is 5.01 Å². The van der Waals surface area contributed by atoms with Crippen LogP contribution in [0.2, 0.25) is 0 Å². The zero-order valence-corrected chi connectivity index (χ0v) is 18.6. The Morgan fingerprint density at radius 2 is 2.03 bits per heavy atom. The lowest BCUT2D eigenvalue weighted by Gasteiger charge is -2.27. The molecule has 4 N–H and O–H groups in total. The molecule has 0 saturated carbocycles. The summed E-state index contributed by atoms with van der Waals surface area (Å²) in [6, 6.07) is 0. The SMILES string of the molecule is CCCCC[C@H](CN(O)C=O)C(=O)N(N)c1ncc(C(=O)NN2CCOCC2)c(C(F)(F)F)n1. The van der Waals surface area contributed by atoms with Gasteiger partial charge in [-0.25, -0.2) is 30.9 Å². The predicted molar refractivity (Wildman–Crippen MR) is 111 cm³/mol. The maximum absolute atomic E-state index is 13.7. The summed E-state index contributed by atoms with van der Waals surface area (Å²) in [6.45, 7) is 2.71. The number of anilines is 1. The van der Waals surface area contributed by atoms with Crippen LogP contribution in [-0.4, -0.2) is 76.3 Å². The van der Waals surface area contributed by atoms with Gasteiger partial charge in [-0.2, -0.15) is 13.2 Å². The zero-order chi connectivity index (χ0) is 25.3. The van der Waals surface area contributed by atoms with Gasteiger partial charge in [-0.3, -0.25) is 25.0 Å². The number of rotatable bonds is 11. The fourth-order valence-electron chi connectivity index (χ4n) is 3.25. The molecule has 3 amide bonds. The molecule has 1 aliphatic heterocycles. The Morgan fingerprint density at radius 3 is 2.62 bits per heavy atom. The summed E-state index contributed by atoms with van der Waals surface area (Å²) in [5, 5.41) is 11.5. The van der Waals surface area contributed by atoms with Gasteiger partial charge in [0.1, 0.15) is 0 Å². The highest BCUT2D eigenvalue weighted by atomic mass is 19.4. The molecule has 1 aromatic rings. The molecule has 0 spiro atoms.